The lowest BCUT2D eigenvalue weighted by molar-refractivity contribution is -0.142. The van der Waals surface area contributed by atoms with E-state index in [9.17, 15) is 38.0 Å². The number of ketones is 2. The minimum absolute atomic E-state index is 0.00451. The highest BCUT2D eigenvalue weighted by atomic mass is 32.1. The van der Waals surface area contributed by atoms with Gasteiger partial charge in [0.15, 0.2) is 5.78 Å². The van der Waals surface area contributed by atoms with Crippen LogP contribution in [0.4, 0.5) is 10.1 Å². The lowest BCUT2D eigenvalue weighted by atomic mass is 9.83. The summed E-state index contributed by atoms with van der Waals surface area (Å²) in [6, 6.07) is 7.27. The van der Waals surface area contributed by atoms with Crippen LogP contribution in [0.1, 0.15) is 164 Å². The Morgan fingerprint density at radius 1 is 0.840 bits per heavy atom. The number of pyridine rings is 2. The number of hydrogen-bond acceptors (Lipinski definition) is 13. The van der Waals surface area contributed by atoms with Crippen LogP contribution in [0.2, 0.25) is 0 Å². The molecule has 2 saturated carbocycles. The number of likely N-dealkylation sites (tertiary alicyclic amines) is 1. The van der Waals surface area contributed by atoms with Crippen LogP contribution in [0.3, 0.4) is 0 Å². The quantitative estimate of drug-likeness (QED) is 0.0911. The van der Waals surface area contributed by atoms with Gasteiger partial charge in [-0.15, -0.1) is 11.3 Å². The molecule has 5 aromatic rings. The van der Waals surface area contributed by atoms with Crippen LogP contribution in [0.5, 0.6) is 0 Å². The highest BCUT2D eigenvalue weighted by Crippen LogP contribution is 2.37. The number of rotatable bonds is 17. The summed E-state index contributed by atoms with van der Waals surface area (Å²) < 4.78 is 15.2. The number of anilines is 1. The normalized spacial score (nSPS) is 18.3. The molecular weight excluding hydrogens is 976 g/mol. The molecular formula is C56H67FN10O7S. The molecule has 4 aromatic heterocycles. The second-order valence-electron chi connectivity index (χ2n) is 20.8. The zero-order valence-corrected chi connectivity index (χ0v) is 44.2. The third-order valence-corrected chi connectivity index (χ3v) is 16.9. The molecule has 4 amide bonds. The largest absolute Gasteiger partial charge is 0.367 e. The number of fused-ring (bicyclic) bond motifs is 1. The Labute approximate surface area is 440 Å². The van der Waals surface area contributed by atoms with Gasteiger partial charge in [-0.05, 0) is 114 Å². The van der Waals surface area contributed by atoms with Gasteiger partial charge in [-0.2, -0.15) is 0 Å². The van der Waals surface area contributed by atoms with Gasteiger partial charge in [0.1, 0.15) is 40.1 Å². The Kier molecular flexibility index (Phi) is 16.6. The molecule has 4 aliphatic rings. The van der Waals surface area contributed by atoms with Crippen molar-refractivity contribution >= 4 is 63.3 Å². The van der Waals surface area contributed by atoms with Crippen molar-refractivity contribution in [1.82, 2.24) is 44.5 Å². The van der Waals surface area contributed by atoms with E-state index in [1.165, 1.54) is 47.4 Å². The van der Waals surface area contributed by atoms with Gasteiger partial charge in [0.05, 0.1) is 29.9 Å². The van der Waals surface area contributed by atoms with Crippen LogP contribution >= 0.6 is 11.3 Å². The maximum absolute atomic E-state index is 14.5. The predicted molar refractivity (Wildman–Crippen MR) is 282 cm³/mol. The van der Waals surface area contributed by atoms with Crippen LogP contribution in [0.25, 0.3) is 11.0 Å². The lowest BCUT2D eigenvalue weighted by Crippen LogP contribution is -2.56. The number of hydrogen-bond donors (Lipinski definition) is 1. The van der Waals surface area contributed by atoms with Gasteiger partial charge >= 0.3 is 0 Å². The molecule has 0 bridgehead atoms. The second-order valence-corrected chi connectivity index (χ2v) is 21.7. The lowest BCUT2D eigenvalue weighted by Gasteiger charge is -2.36. The van der Waals surface area contributed by atoms with Gasteiger partial charge < -0.3 is 24.9 Å². The van der Waals surface area contributed by atoms with Crippen molar-refractivity contribution in [2.24, 2.45) is 5.92 Å². The first-order valence-corrected chi connectivity index (χ1v) is 27.6. The Bertz CT molecular complexity index is 3000. The number of thiazole rings is 1. The molecule has 19 heteroatoms. The average Bonchev–Trinajstić information content (AvgIpc) is 4.25. The Hall–Kier alpha value is -6.76. The number of nitrogens with one attached hydrogen (secondary N) is 1. The summed E-state index contributed by atoms with van der Waals surface area (Å²) >= 11 is 1.31. The maximum Gasteiger partial charge on any atom is 0.263 e. The minimum atomic E-state index is -0.863. The summed E-state index contributed by atoms with van der Waals surface area (Å²) in [4.78, 5) is 121. The van der Waals surface area contributed by atoms with Gasteiger partial charge in [-0.1, -0.05) is 32.1 Å². The smallest absolute Gasteiger partial charge is 0.263 e. The van der Waals surface area contributed by atoms with Crippen molar-refractivity contribution in [3.8, 4) is 0 Å². The molecule has 0 unspecified atom stereocenters. The first-order valence-electron chi connectivity index (χ1n) is 26.7. The molecule has 9 rings (SSSR count). The average molecular weight is 1040 g/mol. The number of aromatic nitrogens is 5. The number of piperazine rings is 1. The van der Waals surface area contributed by atoms with Crippen molar-refractivity contribution in [2.75, 3.05) is 44.7 Å². The van der Waals surface area contributed by atoms with E-state index >= 15 is 0 Å². The fourth-order valence-electron chi connectivity index (χ4n) is 11.5. The van der Waals surface area contributed by atoms with E-state index in [0.29, 0.717) is 85.0 Å². The summed E-state index contributed by atoms with van der Waals surface area (Å²) in [5.74, 6) is -1.45. The van der Waals surface area contributed by atoms with Gasteiger partial charge in [-0.3, -0.25) is 43.1 Å². The van der Waals surface area contributed by atoms with Crippen LogP contribution in [0, 0.1) is 18.7 Å². The molecule has 75 heavy (non-hydrogen) atoms. The molecule has 1 aromatic carbocycles. The summed E-state index contributed by atoms with van der Waals surface area (Å²) in [5, 5.41) is 6.09. The standard InChI is InChI=1S/C56H67FN10O7S/c1-34-43-32-59-46(61-52(43)67(41-14-8-9-15-41)55(73)49(34)36(3)68)30-40-23-24-42(31-58-40)64-26-28-65(29-27-64)48(70)18-10-17-47(69)63(4)35(2)53(72)62-50(37-12-6-5-7-13-37)56(74)66-25-11-16-45(66)54-60-44(33-75-54)51(71)38-19-21-39(57)22-20-38/h19-24,31-33,35,37,41,45,50H,5-18,25-30H2,1-4H3,(H,62,72)/t35-,45-,50-/m0/s1. The van der Waals surface area contributed by atoms with Crippen molar-refractivity contribution in [1.29, 1.82) is 0 Å². The SMILES string of the molecule is CC(=O)c1c(C)c2cnc(Cc3ccc(N4CCN(C(=O)CCCC(=O)N(C)[C@@H](C)C(=O)N[C@H](C(=O)N5CCC[C@H]5c5nc(C(=O)c6ccc(F)cc6)cs5)C5CCCCC5)CC4)cn3)nc2n(C2CCCC2)c1=O. The summed E-state index contributed by atoms with van der Waals surface area (Å²) in [6.45, 7) is 7.62. The number of benzene rings is 1. The second kappa shape index (κ2) is 23.4. The molecule has 6 heterocycles. The first-order chi connectivity index (χ1) is 36.2. The van der Waals surface area contributed by atoms with Gasteiger partial charge in [-0.25, -0.2) is 19.3 Å². The highest BCUT2D eigenvalue weighted by molar-refractivity contribution is 7.10. The molecule has 2 aliphatic heterocycles. The number of halogens is 1. The predicted octanol–water partition coefficient (Wildman–Crippen LogP) is 7.32. The summed E-state index contributed by atoms with van der Waals surface area (Å²) in [6.07, 6.45) is 14.3. The van der Waals surface area contributed by atoms with Crippen LogP contribution in [0.15, 0.2) is 59.0 Å². The van der Waals surface area contributed by atoms with E-state index in [1.54, 1.807) is 41.9 Å². The number of likely N-dealkylation sites (N-methyl/N-ethyl adjacent to an activating group) is 1. The highest BCUT2D eigenvalue weighted by Gasteiger charge is 2.41. The third kappa shape index (κ3) is 11.7. The minimum Gasteiger partial charge on any atom is -0.367 e. The molecule has 0 radical (unpaired) electrons. The summed E-state index contributed by atoms with van der Waals surface area (Å²) in [7, 11) is 1.58. The van der Waals surface area contributed by atoms with Gasteiger partial charge in [0.25, 0.3) is 5.56 Å². The van der Waals surface area contributed by atoms with E-state index in [-0.39, 0.29) is 76.9 Å². The number of nitrogens with zero attached hydrogens (tertiary/aromatic N) is 9. The maximum atomic E-state index is 14.5. The molecule has 3 atom stereocenters. The fraction of sp³-hybridized carbons (Fsp3) is 0.518. The Morgan fingerprint density at radius 3 is 2.25 bits per heavy atom. The zero-order chi connectivity index (χ0) is 52.9. The van der Waals surface area contributed by atoms with Crippen molar-refractivity contribution in [2.45, 2.75) is 141 Å². The van der Waals surface area contributed by atoms with Crippen LogP contribution in [-0.2, 0) is 25.6 Å². The number of amides is 4. The molecule has 0 spiro atoms. The van der Waals surface area contributed by atoms with E-state index in [2.05, 4.69) is 20.2 Å². The fourth-order valence-corrected chi connectivity index (χ4v) is 12.4. The number of aryl methyl sites for hydroxylation is 1. The molecule has 396 valence electrons. The van der Waals surface area contributed by atoms with Gasteiger partial charge in [0.2, 0.25) is 29.4 Å². The molecule has 17 nitrogen and oxygen atoms in total. The summed E-state index contributed by atoms with van der Waals surface area (Å²) in [5.41, 5.74) is 3.35. The first kappa shape index (κ1) is 53.1. The molecule has 2 saturated heterocycles. The zero-order valence-electron chi connectivity index (χ0n) is 43.4. The van der Waals surface area contributed by atoms with E-state index in [0.717, 1.165) is 75.6 Å². The Balaban J connectivity index is 0.743. The monoisotopic (exact) mass is 1040 g/mol. The Morgan fingerprint density at radius 2 is 1.56 bits per heavy atom. The number of carbonyl (C=O) groups excluding carboxylic acids is 6. The van der Waals surface area contributed by atoms with Crippen LogP contribution < -0.4 is 15.8 Å². The topological polar surface area (TPSA) is 201 Å². The van der Waals surface area contributed by atoms with E-state index in [1.807, 2.05) is 23.2 Å². The van der Waals surface area contributed by atoms with Crippen LogP contribution in [-0.4, -0.2) is 126 Å². The molecule has 4 fully saturated rings. The van der Waals surface area contributed by atoms with Gasteiger partial charge in [0, 0.05) is 86.9 Å². The van der Waals surface area contributed by atoms with Crippen molar-refractivity contribution in [3.63, 3.8) is 0 Å². The van der Waals surface area contributed by atoms with Crippen molar-refractivity contribution in [3.05, 3.63) is 109 Å². The molecule has 2 aliphatic carbocycles. The number of Topliss-reactive ketones (excluding diaryl/α,β-unsaturated/α-hetero) is 1. The third-order valence-electron chi connectivity index (χ3n) is 15.9. The van der Waals surface area contributed by atoms with E-state index < -0.39 is 23.8 Å². The molecule has 1 N–H and O–H groups in total. The van der Waals surface area contributed by atoms with Crippen molar-refractivity contribution < 1.29 is 33.2 Å². The number of carbonyl (C=O) groups is 6. The van der Waals surface area contributed by atoms with E-state index in [4.69, 9.17) is 9.97 Å².